The van der Waals surface area contributed by atoms with Crippen LogP contribution in [-0.2, 0) is 11.2 Å². The highest BCUT2D eigenvalue weighted by Gasteiger charge is 2.29. The molecule has 2 amide bonds. The Morgan fingerprint density at radius 2 is 1.73 bits per heavy atom. The first kappa shape index (κ1) is 22.1. The molecule has 33 heavy (non-hydrogen) atoms. The molecule has 0 radical (unpaired) electrons. The van der Waals surface area contributed by atoms with Gasteiger partial charge in [-0.3, -0.25) is 9.59 Å². The molecule has 0 heterocycles. The zero-order valence-electron chi connectivity index (χ0n) is 17.4. The molecule has 6 nitrogen and oxygen atoms in total. The van der Waals surface area contributed by atoms with E-state index in [0.717, 1.165) is 11.6 Å². The molecule has 3 N–H and O–H groups in total. The zero-order chi connectivity index (χ0) is 23.5. The number of urea groups is 1. The normalized spacial score (nSPS) is 15.0. The van der Waals surface area contributed by atoms with Gasteiger partial charge in [0.1, 0.15) is 11.6 Å². The van der Waals surface area contributed by atoms with Crippen LogP contribution >= 0.6 is 0 Å². The fraction of sp³-hybridized carbons (Fsp3) is 0.160. The van der Waals surface area contributed by atoms with Gasteiger partial charge in [0, 0.05) is 17.2 Å². The fourth-order valence-electron chi connectivity index (χ4n) is 3.95. The maximum atomic E-state index is 14.7. The van der Waals surface area contributed by atoms with Crippen LogP contribution in [0.4, 0.5) is 25.0 Å². The Bertz CT molecular complexity index is 1260. The van der Waals surface area contributed by atoms with E-state index in [1.807, 2.05) is 6.07 Å². The molecular formula is C25H20F2N2O4. The number of carbonyl (C=O) groups is 3. The minimum Gasteiger partial charge on any atom is -0.481 e. The lowest BCUT2D eigenvalue weighted by Crippen LogP contribution is -2.24. The van der Waals surface area contributed by atoms with Crippen LogP contribution in [0.15, 0.2) is 60.7 Å². The lowest BCUT2D eigenvalue weighted by Gasteiger charge is -2.22. The molecule has 0 saturated heterocycles. The number of ketones is 1. The van der Waals surface area contributed by atoms with Crippen molar-refractivity contribution < 1.29 is 28.3 Å². The molecule has 1 aliphatic carbocycles. The summed E-state index contributed by atoms with van der Waals surface area (Å²) in [4.78, 5) is 35.6. The van der Waals surface area contributed by atoms with Crippen LogP contribution in [0.2, 0.25) is 0 Å². The molecule has 0 aromatic heterocycles. The number of aliphatic carboxylic acids is 1. The third-order valence-electron chi connectivity index (χ3n) is 5.56. The number of carboxylic acid groups (broad SMARTS) is 1. The number of hydrogen-bond donors (Lipinski definition) is 3. The Morgan fingerprint density at radius 3 is 2.45 bits per heavy atom. The summed E-state index contributed by atoms with van der Waals surface area (Å²) in [5.74, 6) is -2.87. The minimum atomic E-state index is -0.998. The van der Waals surface area contributed by atoms with E-state index in [0.29, 0.717) is 29.5 Å². The standard InChI is InChI=1S/C25H20F2N2O4/c26-18-2-1-3-19(13-18)28-25(33)29-22-9-7-15(11-21(22)27)14-6-8-20-16(10-14)4-5-17(24(20)32)12-23(30)31/h1-3,6-11,13,17H,4-5,12H2,(H,30,31)(H2,28,29,33). The number of carbonyl (C=O) groups excluding carboxylic acids is 2. The van der Waals surface area contributed by atoms with Gasteiger partial charge in [0.2, 0.25) is 0 Å². The average molecular weight is 450 g/mol. The molecule has 0 spiro atoms. The number of nitrogens with one attached hydrogen (secondary N) is 2. The first-order valence-corrected chi connectivity index (χ1v) is 10.3. The van der Waals surface area contributed by atoms with E-state index in [-0.39, 0.29) is 23.6 Å². The Balaban J connectivity index is 1.48. The van der Waals surface area contributed by atoms with Gasteiger partial charge in [-0.15, -0.1) is 0 Å². The minimum absolute atomic E-state index is 0.0442. The summed E-state index contributed by atoms with van der Waals surface area (Å²) in [6, 6.07) is 14.1. The van der Waals surface area contributed by atoms with E-state index in [1.54, 1.807) is 18.2 Å². The highest BCUT2D eigenvalue weighted by Crippen LogP contribution is 2.32. The van der Waals surface area contributed by atoms with Gasteiger partial charge in [-0.05, 0) is 59.9 Å². The summed E-state index contributed by atoms with van der Waals surface area (Å²) in [6.07, 6.45) is 0.834. The molecule has 1 aliphatic rings. The number of Topliss-reactive ketones (excluding diaryl/α,β-unsaturated/α-hetero) is 1. The molecule has 1 unspecified atom stereocenters. The van der Waals surface area contributed by atoms with E-state index < -0.39 is 29.6 Å². The van der Waals surface area contributed by atoms with Crippen LogP contribution < -0.4 is 10.6 Å². The van der Waals surface area contributed by atoms with Crippen molar-refractivity contribution in [3.05, 3.63) is 83.4 Å². The number of hydrogen-bond acceptors (Lipinski definition) is 3. The van der Waals surface area contributed by atoms with Gasteiger partial charge in [0.05, 0.1) is 12.1 Å². The highest BCUT2D eigenvalue weighted by molar-refractivity contribution is 6.02. The third-order valence-corrected chi connectivity index (χ3v) is 5.56. The van der Waals surface area contributed by atoms with Crippen molar-refractivity contribution in [2.75, 3.05) is 10.6 Å². The second kappa shape index (κ2) is 9.20. The van der Waals surface area contributed by atoms with Crippen LogP contribution in [0.3, 0.4) is 0 Å². The van der Waals surface area contributed by atoms with Crippen molar-refractivity contribution in [1.29, 1.82) is 0 Å². The molecule has 3 aromatic rings. The summed E-state index contributed by atoms with van der Waals surface area (Å²) in [5.41, 5.74) is 2.76. The number of amides is 2. The molecule has 4 rings (SSSR count). The SMILES string of the molecule is O=C(O)CC1CCc2cc(-c3ccc(NC(=O)Nc4cccc(F)c4)c(F)c3)ccc2C1=O. The van der Waals surface area contributed by atoms with Gasteiger partial charge >= 0.3 is 12.0 Å². The van der Waals surface area contributed by atoms with E-state index in [1.165, 1.54) is 30.3 Å². The van der Waals surface area contributed by atoms with E-state index in [2.05, 4.69) is 10.6 Å². The van der Waals surface area contributed by atoms with Gasteiger partial charge in [-0.1, -0.05) is 30.3 Å². The zero-order valence-corrected chi connectivity index (χ0v) is 17.4. The van der Waals surface area contributed by atoms with Gasteiger partial charge in [-0.25, -0.2) is 13.6 Å². The maximum Gasteiger partial charge on any atom is 0.323 e. The number of aryl methyl sites for hydroxylation is 1. The predicted octanol–water partition coefficient (Wildman–Crippen LogP) is 5.50. The topological polar surface area (TPSA) is 95.5 Å². The lowest BCUT2D eigenvalue weighted by atomic mass is 9.80. The molecule has 8 heteroatoms. The first-order valence-electron chi connectivity index (χ1n) is 10.3. The second-order valence-electron chi connectivity index (χ2n) is 7.85. The molecular weight excluding hydrogens is 430 g/mol. The average Bonchev–Trinajstić information content (AvgIpc) is 2.76. The quantitative estimate of drug-likeness (QED) is 0.479. The molecule has 0 aliphatic heterocycles. The van der Waals surface area contributed by atoms with Crippen molar-refractivity contribution in [2.24, 2.45) is 5.92 Å². The van der Waals surface area contributed by atoms with Crippen molar-refractivity contribution in [3.63, 3.8) is 0 Å². The number of halogens is 2. The summed E-state index contributed by atoms with van der Waals surface area (Å²) < 4.78 is 27.9. The molecule has 1 atom stereocenters. The monoisotopic (exact) mass is 450 g/mol. The Kier molecular flexibility index (Phi) is 6.17. The van der Waals surface area contributed by atoms with Crippen LogP contribution in [0, 0.1) is 17.6 Å². The number of anilines is 2. The highest BCUT2D eigenvalue weighted by atomic mass is 19.1. The van der Waals surface area contributed by atoms with E-state index >= 15 is 0 Å². The van der Waals surface area contributed by atoms with Crippen LogP contribution in [0.1, 0.15) is 28.8 Å². The van der Waals surface area contributed by atoms with Crippen molar-refractivity contribution in [1.82, 2.24) is 0 Å². The van der Waals surface area contributed by atoms with Crippen molar-refractivity contribution in [2.45, 2.75) is 19.3 Å². The lowest BCUT2D eigenvalue weighted by molar-refractivity contribution is -0.137. The van der Waals surface area contributed by atoms with Gasteiger partial charge in [0.15, 0.2) is 5.78 Å². The van der Waals surface area contributed by atoms with E-state index in [4.69, 9.17) is 5.11 Å². The van der Waals surface area contributed by atoms with Crippen LogP contribution in [0.5, 0.6) is 0 Å². The van der Waals surface area contributed by atoms with Crippen molar-refractivity contribution in [3.8, 4) is 11.1 Å². The van der Waals surface area contributed by atoms with Gasteiger partial charge < -0.3 is 15.7 Å². The number of rotatable bonds is 5. The largest absolute Gasteiger partial charge is 0.481 e. The van der Waals surface area contributed by atoms with E-state index in [9.17, 15) is 23.2 Å². The van der Waals surface area contributed by atoms with Gasteiger partial charge in [-0.2, -0.15) is 0 Å². The molecule has 3 aromatic carbocycles. The van der Waals surface area contributed by atoms with Crippen LogP contribution in [0.25, 0.3) is 11.1 Å². The first-order chi connectivity index (χ1) is 15.8. The van der Waals surface area contributed by atoms with Gasteiger partial charge in [0.25, 0.3) is 0 Å². The van der Waals surface area contributed by atoms with Crippen molar-refractivity contribution >= 4 is 29.2 Å². The second-order valence-corrected chi connectivity index (χ2v) is 7.85. The fourth-order valence-corrected chi connectivity index (χ4v) is 3.95. The number of benzene rings is 3. The number of fused-ring (bicyclic) bond motifs is 1. The smallest absolute Gasteiger partial charge is 0.323 e. The Hall–Kier alpha value is -4.07. The molecule has 0 fully saturated rings. The Morgan fingerprint density at radius 1 is 0.970 bits per heavy atom. The summed E-state index contributed by atoms with van der Waals surface area (Å²) in [5, 5.41) is 13.8. The summed E-state index contributed by atoms with van der Waals surface area (Å²) in [7, 11) is 0. The third kappa shape index (κ3) is 5.06. The Labute approximate surface area is 188 Å². The maximum absolute atomic E-state index is 14.7. The summed E-state index contributed by atoms with van der Waals surface area (Å²) in [6.45, 7) is 0. The molecule has 0 bridgehead atoms. The van der Waals surface area contributed by atoms with Crippen LogP contribution in [-0.4, -0.2) is 22.9 Å². The molecule has 168 valence electrons. The molecule has 0 saturated carbocycles. The predicted molar refractivity (Wildman–Crippen MR) is 119 cm³/mol. The summed E-state index contributed by atoms with van der Waals surface area (Å²) >= 11 is 0. The number of carboxylic acids is 1.